The van der Waals surface area contributed by atoms with Crippen LogP contribution in [0.4, 0.5) is 0 Å². The summed E-state index contributed by atoms with van der Waals surface area (Å²) >= 11 is 0. The van der Waals surface area contributed by atoms with Crippen LogP contribution in [0.1, 0.15) is 27.7 Å². The molecule has 0 aromatic rings. The third-order valence-electron chi connectivity index (χ3n) is 4.47. The minimum absolute atomic E-state index is 0.0112. The molecule has 20 heavy (non-hydrogen) atoms. The van der Waals surface area contributed by atoms with E-state index in [4.69, 9.17) is 17.3 Å². The van der Waals surface area contributed by atoms with Crippen molar-refractivity contribution in [3.8, 4) is 24.7 Å². The van der Waals surface area contributed by atoms with E-state index < -0.39 is 8.32 Å². The van der Waals surface area contributed by atoms with Crippen molar-refractivity contribution in [3.05, 3.63) is 0 Å². The van der Waals surface area contributed by atoms with E-state index in [0.29, 0.717) is 0 Å². The standard InChI is InChI=1S/C16H25NO2Si/c1-9-11-17-13(10-2)14(15(17)18)12(3)19-20(7,8)16(4,5)6/h1-2,12-14H,11H2,3-8H3/t12-,13-,14-/m1/s1. The minimum Gasteiger partial charge on any atom is -0.413 e. The first kappa shape index (κ1) is 16.8. The number of hydrogen-bond donors (Lipinski definition) is 0. The summed E-state index contributed by atoms with van der Waals surface area (Å²) in [5, 5.41) is 0.109. The second-order valence-corrected chi connectivity index (χ2v) is 11.6. The molecule has 0 saturated carbocycles. The number of carbonyl (C=O) groups excluding carboxylic acids is 1. The number of likely N-dealkylation sites (tertiary alicyclic amines) is 1. The molecule has 1 fully saturated rings. The second-order valence-electron chi connectivity index (χ2n) is 6.89. The molecular weight excluding hydrogens is 266 g/mol. The number of β-lactam (4-membered cyclic amide) rings is 1. The van der Waals surface area contributed by atoms with Gasteiger partial charge in [-0.2, -0.15) is 0 Å². The van der Waals surface area contributed by atoms with Gasteiger partial charge in [0.1, 0.15) is 6.04 Å². The van der Waals surface area contributed by atoms with Gasteiger partial charge in [0, 0.05) is 0 Å². The number of amides is 1. The van der Waals surface area contributed by atoms with Crippen LogP contribution >= 0.6 is 0 Å². The lowest BCUT2D eigenvalue weighted by Crippen LogP contribution is -2.65. The maximum absolute atomic E-state index is 12.2. The monoisotopic (exact) mass is 291 g/mol. The van der Waals surface area contributed by atoms with Crippen LogP contribution in [0.3, 0.4) is 0 Å². The van der Waals surface area contributed by atoms with Gasteiger partial charge in [-0.25, -0.2) is 0 Å². The summed E-state index contributed by atoms with van der Waals surface area (Å²) in [6, 6.07) is -0.238. The van der Waals surface area contributed by atoms with E-state index in [1.807, 2.05) is 6.92 Å². The topological polar surface area (TPSA) is 29.5 Å². The third kappa shape index (κ3) is 2.92. The van der Waals surface area contributed by atoms with E-state index in [2.05, 4.69) is 45.7 Å². The number of terminal acetylenes is 2. The highest BCUT2D eigenvalue weighted by Crippen LogP contribution is 2.40. The summed E-state index contributed by atoms with van der Waals surface area (Å²) in [4.78, 5) is 13.7. The molecule has 0 unspecified atom stereocenters. The van der Waals surface area contributed by atoms with Gasteiger partial charge in [0.05, 0.1) is 18.6 Å². The molecule has 0 spiro atoms. The highest BCUT2D eigenvalue weighted by molar-refractivity contribution is 6.74. The molecule has 1 saturated heterocycles. The summed E-state index contributed by atoms with van der Waals surface area (Å²) in [6.07, 6.45) is 10.6. The van der Waals surface area contributed by atoms with Crippen LogP contribution in [0.15, 0.2) is 0 Å². The quantitative estimate of drug-likeness (QED) is 0.452. The van der Waals surface area contributed by atoms with E-state index in [1.165, 1.54) is 0 Å². The predicted molar refractivity (Wildman–Crippen MR) is 84.4 cm³/mol. The molecule has 1 amide bonds. The first-order chi connectivity index (χ1) is 9.06. The smallest absolute Gasteiger partial charge is 0.233 e. The van der Waals surface area contributed by atoms with Crippen molar-refractivity contribution in [1.29, 1.82) is 0 Å². The molecule has 3 nitrogen and oxygen atoms in total. The first-order valence-electron chi connectivity index (χ1n) is 6.94. The lowest BCUT2D eigenvalue weighted by molar-refractivity contribution is -0.157. The van der Waals surface area contributed by atoms with Crippen molar-refractivity contribution in [2.75, 3.05) is 6.54 Å². The van der Waals surface area contributed by atoms with Crippen LogP contribution in [0.25, 0.3) is 0 Å². The van der Waals surface area contributed by atoms with Crippen LogP contribution in [-0.2, 0) is 9.22 Å². The fraction of sp³-hybridized carbons (Fsp3) is 0.688. The molecule has 1 rings (SSSR count). The summed E-state index contributed by atoms with van der Waals surface area (Å²) in [5.41, 5.74) is 0. The summed E-state index contributed by atoms with van der Waals surface area (Å²) < 4.78 is 6.28. The van der Waals surface area contributed by atoms with E-state index in [-0.39, 0.29) is 35.6 Å². The second kappa shape index (κ2) is 5.64. The van der Waals surface area contributed by atoms with E-state index >= 15 is 0 Å². The lowest BCUT2D eigenvalue weighted by atomic mass is 9.84. The molecule has 1 aliphatic heterocycles. The van der Waals surface area contributed by atoms with Crippen molar-refractivity contribution in [2.24, 2.45) is 5.92 Å². The molecule has 0 aromatic heterocycles. The van der Waals surface area contributed by atoms with Crippen LogP contribution in [-0.4, -0.2) is 37.8 Å². The van der Waals surface area contributed by atoms with Gasteiger partial charge in [-0.1, -0.05) is 32.6 Å². The Morgan fingerprint density at radius 3 is 2.35 bits per heavy atom. The summed E-state index contributed by atoms with van der Waals surface area (Å²) in [6.45, 7) is 13.1. The Hall–Kier alpha value is -1.23. The minimum atomic E-state index is -1.91. The summed E-state index contributed by atoms with van der Waals surface area (Å²) in [5.74, 6) is 4.89. The van der Waals surface area contributed by atoms with Crippen LogP contribution in [0, 0.1) is 30.6 Å². The van der Waals surface area contributed by atoms with Crippen molar-refractivity contribution < 1.29 is 9.22 Å². The number of nitrogens with zero attached hydrogens (tertiary/aromatic N) is 1. The van der Waals surface area contributed by atoms with E-state index in [9.17, 15) is 4.79 Å². The maximum atomic E-state index is 12.2. The van der Waals surface area contributed by atoms with Gasteiger partial charge < -0.3 is 9.33 Å². The van der Waals surface area contributed by atoms with Gasteiger partial charge in [0.15, 0.2) is 8.32 Å². The third-order valence-corrected chi connectivity index (χ3v) is 9.04. The molecule has 1 heterocycles. The van der Waals surface area contributed by atoms with E-state index in [1.54, 1.807) is 4.90 Å². The first-order valence-corrected chi connectivity index (χ1v) is 9.85. The van der Waals surface area contributed by atoms with Gasteiger partial charge in [-0.15, -0.1) is 12.8 Å². The predicted octanol–water partition coefficient (Wildman–Crippen LogP) is 2.49. The molecule has 4 heteroatoms. The molecule has 0 aromatic carbocycles. The van der Waals surface area contributed by atoms with Crippen molar-refractivity contribution in [1.82, 2.24) is 4.90 Å². The molecule has 3 atom stereocenters. The fourth-order valence-corrected chi connectivity index (χ4v) is 3.65. The molecule has 110 valence electrons. The Morgan fingerprint density at radius 1 is 1.40 bits per heavy atom. The highest BCUT2D eigenvalue weighted by atomic mass is 28.4. The van der Waals surface area contributed by atoms with Gasteiger partial charge in [-0.05, 0) is 25.1 Å². The van der Waals surface area contributed by atoms with Crippen molar-refractivity contribution >= 4 is 14.2 Å². The molecule has 0 N–H and O–H groups in total. The Balaban J connectivity index is 2.80. The average Bonchev–Trinajstić information content (AvgIpc) is 2.29. The number of carbonyl (C=O) groups is 1. The van der Waals surface area contributed by atoms with Gasteiger partial charge in [-0.3, -0.25) is 4.79 Å². The van der Waals surface area contributed by atoms with Crippen molar-refractivity contribution in [2.45, 2.75) is 58.0 Å². The van der Waals surface area contributed by atoms with Crippen LogP contribution in [0.2, 0.25) is 18.1 Å². The fourth-order valence-electron chi connectivity index (χ4n) is 2.22. The molecule has 0 radical (unpaired) electrons. The molecule has 1 aliphatic rings. The highest BCUT2D eigenvalue weighted by Gasteiger charge is 2.51. The van der Waals surface area contributed by atoms with Crippen LogP contribution < -0.4 is 0 Å². The van der Waals surface area contributed by atoms with Gasteiger partial charge >= 0.3 is 0 Å². The Labute approximate surface area is 124 Å². The normalized spacial score (nSPS) is 24.6. The largest absolute Gasteiger partial charge is 0.413 e. The van der Waals surface area contributed by atoms with Gasteiger partial charge in [0.25, 0.3) is 0 Å². The maximum Gasteiger partial charge on any atom is 0.233 e. The SMILES string of the molecule is C#CCN1C(=O)[C@H]([C@@H](C)O[Si](C)(C)C(C)(C)C)[C@H]1C#C. The average molecular weight is 291 g/mol. The Bertz CT molecular complexity index is 464. The van der Waals surface area contributed by atoms with E-state index in [0.717, 1.165) is 0 Å². The Kier molecular flexibility index (Phi) is 4.74. The molecule has 0 aliphatic carbocycles. The van der Waals surface area contributed by atoms with Crippen molar-refractivity contribution in [3.63, 3.8) is 0 Å². The zero-order valence-corrected chi connectivity index (χ0v) is 14.4. The molecule has 0 bridgehead atoms. The molecular formula is C16H25NO2Si. The zero-order valence-electron chi connectivity index (χ0n) is 13.4. The summed E-state index contributed by atoms with van der Waals surface area (Å²) in [7, 11) is -1.91. The van der Waals surface area contributed by atoms with Gasteiger partial charge in [0.2, 0.25) is 5.91 Å². The van der Waals surface area contributed by atoms with Crippen LogP contribution in [0.5, 0.6) is 0 Å². The number of hydrogen-bond acceptors (Lipinski definition) is 2. The Morgan fingerprint density at radius 2 is 1.95 bits per heavy atom. The lowest BCUT2D eigenvalue weighted by Gasteiger charge is -2.48. The number of rotatable bonds is 4. The zero-order chi connectivity index (χ0) is 15.7.